The minimum absolute atomic E-state index is 0.337. The molecular formula is C19H14N2O2. The van der Waals surface area contributed by atoms with E-state index in [2.05, 4.69) is 0 Å². The Bertz CT molecular complexity index is 973. The predicted octanol–water partition coefficient (Wildman–Crippen LogP) is 3.92. The van der Waals surface area contributed by atoms with Crippen LogP contribution in [0.15, 0.2) is 66.7 Å². The number of benzene rings is 2. The first-order valence-electron chi connectivity index (χ1n) is 7.34. The lowest BCUT2D eigenvalue weighted by molar-refractivity contribution is 0.0602. The normalized spacial score (nSPS) is 11.0. The van der Waals surface area contributed by atoms with E-state index in [9.17, 15) is 4.79 Å². The van der Waals surface area contributed by atoms with Crippen LogP contribution in [0.1, 0.15) is 10.4 Å². The van der Waals surface area contributed by atoms with Crippen molar-refractivity contribution in [3.63, 3.8) is 0 Å². The largest absolute Gasteiger partial charge is 0.465 e. The first-order chi connectivity index (χ1) is 11.3. The number of rotatable bonds is 2. The maximum atomic E-state index is 12.1. The van der Waals surface area contributed by atoms with Crippen molar-refractivity contribution in [2.24, 2.45) is 0 Å². The minimum Gasteiger partial charge on any atom is -0.465 e. The fraction of sp³-hybridized carbons (Fsp3) is 0.0526. The van der Waals surface area contributed by atoms with Gasteiger partial charge in [0, 0.05) is 10.9 Å². The van der Waals surface area contributed by atoms with Crippen LogP contribution in [0.25, 0.3) is 27.8 Å². The van der Waals surface area contributed by atoms with Crippen LogP contribution in [0.4, 0.5) is 0 Å². The van der Waals surface area contributed by atoms with E-state index < -0.39 is 0 Å². The Balaban J connectivity index is 2.10. The summed E-state index contributed by atoms with van der Waals surface area (Å²) in [4.78, 5) is 12.1. The monoisotopic (exact) mass is 302 g/mol. The first kappa shape index (κ1) is 13.5. The third kappa shape index (κ3) is 2.07. The summed E-state index contributed by atoms with van der Waals surface area (Å²) >= 11 is 0. The van der Waals surface area contributed by atoms with Crippen molar-refractivity contribution in [2.75, 3.05) is 7.11 Å². The molecule has 2 aliphatic rings. The van der Waals surface area contributed by atoms with Crippen LogP contribution in [-0.2, 0) is 4.74 Å². The molecule has 2 aromatic carbocycles. The van der Waals surface area contributed by atoms with Crippen molar-refractivity contribution in [2.45, 2.75) is 0 Å². The molecule has 1 aliphatic heterocycles. The van der Waals surface area contributed by atoms with E-state index in [1.807, 2.05) is 65.3 Å². The summed E-state index contributed by atoms with van der Waals surface area (Å²) in [5.41, 5.74) is 4.10. The van der Waals surface area contributed by atoms with Gasteiger partial charge in [0.15, 0.2) is 0 Å². The highest BCUT2D eigenvalue weighted by Crippen LogP contribution is 2.35. The molecule has 23 heavy (non-hydrogen) atoms. The molecule has 1 aliphatic carbocycles. The summed E-state index contributed by atoms with van der Waals surface area (Å²) in [6.07, 6.45) is 0. The van der Waals surface area contributed by atoms with E-state index in [1.165, 1.54) is 7.11 Å². The van der Waals surface area contributed by atoms with Crippen molar-refractivity contribution in [3.8, 4) is 16.9 Å². The number of hydrogen-bond donors (Lipinski definition) is 0. The number of aromatic nitrogens is 2. The van der Waals surface area contributed by atoms with Crippen molar-refractivity contribution in [3.05, 3.63) is 72.3 Å². The number of nitrogens with zero attached hydrogens (tertiary/aromatic N) is 2. The lowest BCUT2D eigenvalue weighted by Gasteiger charge is -2.15. The maximum Gasteiger partial charge on any atom is 0.338 e. The average molecular weight is 302 g/mol. The predicted molar refractivity (Wildman–Crippen MR) is 89.0 cm³/mol. The second kappa shape index (κ2) is 5.25. The summed E-state index contributed by atoms with van der Waals surface area (Å²) in [6, 6.07) is 21.4. The molecule has 0 N–H and O–H groups in total. The average Bonchev–Trinajstić information content (AvgIpc) is 3.06. The molecule has 0 radical (unpaired) electrons. The molecule has 0 atom stereocenters. The zero-order valence-corrected chi connectivity index (χ0v) is 12.6. The van der Waals surface area contributed by atoms with Crippen LogP contribution in [0.5, 0.6) is 0 Å². The molecule has 0 spiro atoms. The van der Waals surface area contributed by atoms with Crippen LogP contribution < -0.4 is 0 Å². The summed E-state index contributed by atoms with van der Waals surface area (Å²) in [7, 11) is 1.40. The van der Waals surface area contributed by atoms with Gasteiger partial charge in [-0.05, 0) is 30.3 Å². The molecule has 2 aromatic rings. The second-order valence-corrected chi connectivity index (χ2v) is 5.26. The van der Waals surface area contributed by atoms with Gasteiger partial charge in [-0.25, -0.2) is 9.48 Å². The van der Waals surface area contributed by atoms with Gasteiger partial charge in [0.25, 0.3) is 0 Å². The zero-order valence-electron chi connectivity index (χ0n) is 12.6. The number of methoxy groups -OCH3 is 1. The Morgan fingerprint density at radius 2 is 1.70 bits per heavy atom. The number of fused-ring (bicyclic) bond motifs is 3. The molecule has 0 aromatic heterocycles. The summed E-state index contributed by atoms with van der Waals surface area (Å²) in [6.45, 7) is 0. The van der Waals surface area contributed by atoms with Gasteiger partial charge in [-0.2, -0.15) is 5.10 Å². The van der Waals surface area contributed by atoms with E-state index in [0.717, 1.165) is 27.8 Å². The van der Waals surface area contributed by atoms with E-state index in [-0.39, 0.29) is 5.97 Å². The zero-order chi connectivity index (χ0) is 15.8. The number of para-hydroxylation sites is 1. The van der Waals surface area contributed by atoms with E-state index >= 15 is 0 Å². The molecule has 0 bridgehead atoms. The SMILES string of the molecule is COC(=O)c1ccc2n(-c3ccccc3)nc3ccccc3c1-2. The minimum atomic E-state index is -0.337. The molecule has 0 fully saturated rings. The van der Waals surface area contributed by atoms with Crippen LogP contribution in [-0.4, -0.2) is 22.9 Å². The molecular weight excluding hydrogens is 288 g/mol. The van der Waals surface area contributed by atoms with Crippen molar-refractivity contribution < 1.29 is 9.53 Å². The van der Waals surface area contributed by atoms with Gasteiger partial charge in [-0.1, -0.05) is 36.4 Å². The van der Waals surface area contributed by atoms with Crippen molar-refractivity contribution >= 4 is 16.9 Å². The summed E-state index contributed by atoms with van der Waals surface area (Å²) in [5.74, 6) is -0.337. The Morgan fingerprint density at radius 1 is 0.957 bits per heavy atom. The van der Waals surface area contributed by atoms with Gasteiger partial charge >= 0.3 is 5.97 Å². The Labute approximate surface area is 133 Å². The number of hydrogen-bond acceptors (Lipinski definition) is 3. The summed E-state index contributed by atoms with van der Waals surface area (Å²) in [5, 5.41) is 5.68. The van der Waals surface area contributed by atoms with Gasteiger partial charge in [-0.15, -0.1) is 0 Å². The van der Waals surface area contributed by atoms with Gasteiger partial charge in [0.05, 0.1) is 29.6 Å². The quantitative estimate of drug-likeness (QED) is 0.527. The van der Waals surface area contributed by atoms with E-state index in [0.29, 0.717) is 5.56 Å². The summed E-state index contributed by atoms with van der Waals surface area (Å²) < 4.78 is 6.79. The van der Waals surface area contributed by atoms with Crippen molar-refractivity contribution in [1.29, 1.82) is 0 Å². The van der Waals surface area contributed by atoms with Gasteiger partial charge in [-0.3, -0.25) is 0 Å². The molecule has 112 valence electrons. The molecule has 1 heterocycles. The molecule has 0 saturated carbocycles. The van der Waals surface area contributed by atoms with Crippen molar-refractivity contribution in [1.82, 2.24) is 9.78 Å². The topological polar surface area (TPSA) is 44.1 Å². The standard InChI is InChI=1S/C19H14N2O2/c1-23-19(22)15-11-12-17-18(15)14-9-5-6-10-16(14)20-21(17)13-7-3-2-4-8-13/h2-12H,1H3. The number of carbonyl (C=O) groups excluding carboxylic acids is 1. The molecule has 0 unspecified atom stereocenters. The Morgan fingerprint density at radius 3 is 2.48 bits per heavy atom. The fourth-order valence-electron chi connectivity index (χ4n) is 2.91. The third-order valence-corrected chi connectivity index (χ3v) is 3.95. The van der Waals surface area contributed by atoms with E-state index in [4.69, 9.17) is 9.84 Å². The highest BCUT2D eigenvalue weighted by Gasteiger charge is 2.23. The lowest BCUT2D eigenvalue weighted by Crippen LogP contribution is -2.08. The second-order valence-electron chi connectivity index (χ2n) is 5.26. The first-order valence-corrected chi connectivity index (χ1v) is 7.34. The Kier molecular flexibility index (Phi) is 3.08. The van der Waals surface area contributed by atoms with Crippen LogP contribution >= 0.6 is 0 Å². The van der Waals surface area contributed by atoms with E-state index in [1.54, 1.807) is 6.07 Å². The maximum absolute atomic E-state index is 12.1. The highest BCUT2D eigenvalue weighted by molar-refractivity contribution is 6.07. The smallest absolute Gasteiger partial charge is 0.338 e. The number of esters is 1. The molecule has 4 nitrogen and oxygen atoms in total. The lowest BCUT2D eigenvalue weighted by atomic mass is 10.0. The van der Waals surface area contributed by atoms with Crippen LogP contribution in [0.3, 0.4) is 0 Å². The van der Waals surface area contributed by atoms with Crippen LogP contribution in [0.2, 0.25) is 0 Å². The fourth-order valence-corrected chi connectivity index (χ4v) is 2.91. The van der Waals surface area contributed by atoms with Gasteiger partial charge in [0.2, 0.25) is 0 Å². The Hall–Kier alpha value is -3.14. The molecule has 4 rings (SSSR count). The van der Waals surface area contributed by atoms with Gasteiger partial charge in [0.1, 0.15) is 0 Å². The third-order valence-electron chi connectivity index (χ3n) is 3.95. The molecule has 0 amide bonds. The molecule has 0 saturated heterocycles. The van der Waals surface area contributed by atoms with Crippen LogP contribution in [0, 0.1) is 0 Å². The van der Waals surface area contributed by atoms with Gasteiger partial charge < -0.3 is 4.74 Å². The highest BCUT2D eigenvalue weighted by atomic mass is 16.5. The molecule has 4 heteroatoms. The number of ether oxygens (including phenoxy) is 1. The number of carbonyl (C=O) groups is 1.